The predicted octanol–water partition coefficient (Wildman–Crippen LogP) is 3.39. The summed E-state index contributed by atoms with van der Waals surface area (Å²) in [5.74, 6) is 0.160. The van der Waals surface area contributed by atoms with Gasteiger partial charge in [-0.2, -0.15) is 0 Å². The largest absolute Gasteiger partial charge is 0.462 e. The highest BCUT2D eigenvalue weighted by molar-refractivity contribution is 5.75. The first-order chi connectivity index (χ1) is 13.0. The molecule has 27 heavy (non-hydrogen) atoms. The van der Waals surface area contributed by atoms with Gasteiger partial charge in [-0.25, -0.2) is 4.39 Å². The van der Waals surface area contributed by atoms with Crippen LogP contribution in [0.3, 0.4) is 0 Å². The number of carbonyl (C=O) groups is 1. The van der Waals surface area contributed by atoms with Crippen LogP contribution in [0.2, 0.25) is 0 Å². The van der Waals surface area contributed by atoms with Crippen LogP contribution in [0, 0.1) is 23.1 Å². The van der Waals surface area contributed by atoms with Gasteiger partial charge in [-0.15, -0.1) is 0 Å². The normalized spacial score (nSPS) is 32.9. The molecule has 3 nitrogen and oxygen atoms in total. The number of carbonyl (C=O) groups excluding carboxylic acids is 1. The molecule has 1 saturated heterocycles. The summed E-state index contributed by atoms with van der Waals surface area (Å²) in [6, 6.07) is 6.69. The Labute approximate surface area is 161 Å². The molecule has 2 aliphatic carbocycles. The summed E-state index contributed by atoms with van der Waals surface area (Å²) < 4.78 is 18.8. The topological polar surface area (TPSA) is 42.9 Å². The number of allylic oxidation sites excluding steroid dienone is 2. The Morgan fingerprint density at radius 3 is 2.85 bits per heavy atom. The van der Waals surface area contributed by atoms with Gasteiger partial charge in [0, 0.05) is 12.3 Å². The molecule has 146 valence electrons. The van der Waals surface area contributed by atoms with E-state index in [1.54, 1.807) is 11.1 Å². The highest BCUT2D eigenvalue weighted by Crippen LogP contribution is 2.54. The van der Waals surface area contributed by atoms with Crippen LogP contribution in [0.25, 0.3) is 0 Å². The summed E-state index contributed by atoms with van der Waals surface area (Å²) in [6.45, 7) is 6.36. The molecule has 3 aliphatic rings. The molecule has 0 radical (unpaired) electrons. The lowest BCUT2D eigenvalue weighted by molar-refractivity contribution is -0.658. The van der Waals surface area contributed by atoms with Crippen molar-refractivity contribution in [1.82, 2.24) is 0 Å². The first kappa shape index (κ1) is 18.7. The fourth-order valence-corrected chi connectivity index (χ4v) is 5.60. The highest BCUT2D eigenvalue weighted by Gasteiger charge is 2.53. The Morgan fingerprint density at radius 1 is 1.30 bits per heavy atom. The van der Waals surface area contributed by atoms with Crippen molar-refractivity contribution in [1.29, 1.82) is 0 Å². The molecule has 1 heterocycles. The van der Waals surface area contributed by atoms with Gasteiger partial charge in [0.05, 0.1) is 13.1 Å². The van der Waals surface area contributed by atoms with E-state index in [1.165, 1.54) is 31.4 Å². The Morgan fingerprint density at radius 2 is 2.07 bits per heavy atom. The van der Waals surface area contributed by atoms with Gasteiger partial charge in [0.2, 0.25) is 0 Å². The number of quaternary nitrogens is 1. The number of ether oxygens (including phenoxy) is 1. The summed E-state index contributed by atoms with van der Waals surface area (Å²) in [5.41, 5.74) is 4.55. The fourth-order valence-electron chi connectivity index (χ4n) is 5.60. The first-order valence-electron chi connectivity index (χ1n) is 10.4. The fraction of sp³-hybridized carbons (Fsp3) is 0.609. The van der Waals surface area contributed by atoms with Crippen molar-refractivity contribution in [2.45, 2.75) is 58.5 Å². The van der Waals surface area contributed by atoms with Crippen LogP contribution < -0.4 is 5.32 Å². The van der Waals surface area contributed by atoms with Crippen LogP contribution in [-0.4, -0.2) is 25.2 Å². The van der Waals surface area contributed by atoms with Crippen LogP contribution >= 0.6 is 0 Å². The van der Waals surface area contributed by atoms with Gasteiger partial charge in [-0.3, -0.25) is 4.79 Å². The molecule has 4 heteroatoms. The number of halogens is 1. The van der Waals surface area contributed by atoms with E-state index in [2.05, 4.69) is 19.2 Å². The monoisotopic (exact) mass is 372 g/mol. The quantitative estimate of drug-likeness (QED) is 0.489. The Hall–Kier alpha value is -1.68. The maximum absolute atomic E-state index is 13.0. The Bertz CT molecular complexity index is 741. The summed E-state index contributed by atoms with van der Waals surface area (Å²) in [7, 11) is 0. The zero-order valence-electron chi connectivity index (χ0n) is 16.5. The van der Waals surface area contributed by atoms with E-state index >= 15 is 0 Å². The molecule has 0 unspecified atom stereocenters. The van der Waals surface area contributed by atoms with Crippen molar-refractivity contribution < 1.29 is 19.2 Å². The predicted molar refractivity (Wildman–Crippen MR) is 103 cm³/mol. The molecule has 0 aromatic heterocycles. The van der Waals surface area contributed by atoms with E-state index < -0.39 is 0 Å². The van der Waals surface area contributed by atoms with Gasteiger partial charge >= 0.3 is 5.97 Å². The Balaban J connectivity index is 1.36. The number of esters is 1. The molecule has 0 bridgehead atoms. The molecular weight excluding hydrogens is 341 g/mol. The van der Waals surface area contributed by atoms with Crippen molar-refractivity contribution in [3.05, 3.63) is 46.8 Å². The van der Waals surface area contributed by atoms with E-state index in [1.807, 2.05) is 12.1 Å². The van der Waals surface area contributed by atoms with E-state index in [9.17, 15) is 9.18 Å². The molecule has 1 aromatic rings. The molecule has 1 aliphatic heterocycles. The number of rotatable bonds is 5. The van der Waals surface area contributed by atoms with E-state index in [-0.39, 0.29) is 29.2 Å². The summed E-state index contributed by atoms with van der Waals surface area (Å²) in [4.78, 5) is 12.5. The third-order valence-corrected chi connectivity index (χ3v) is 7.15. The minimum atomic E-state index is -0.195. The molecule has 1 aromatic carbocycles. The van der Waals surface area contributed by atoms with E-state index in [0.29, 0.717) is 5.92 Å². The number of fused-ring (bicyclic) bond motifs is 2. The smallest absolute Gasteiger partial charge is 0.315 e. The highest BCUT2D eigenvalue weighted by atomic mass is 19.1. The van der Waals surface area contributed by atoms with Gasteiger partial charge in [-0.1, -0.05) is 30.2 Å². The average molecular weight is 373 g/mol. The first-order valence-corrected chi connectivity index (χ1v) is 10.4. The molecule has 4 rings (SSSR count). The van der Waals surface area contributed by atoms with Crippen LogP contribution in [0.1, 0.15) is 51.5 Å². The van der Waals surface area contributed by atoms with Crippen molar-refractivity contribution in [3.63, 3.8) is 0 Å². The van der Waals surface area contributed by atoms with Gasteiger partial charge < -0.3 is 10.1 Å². The van der Waals surface area contributed by atoms with Gasteiger partial charge in [0.25, 0.3) is 0 Å². The summed E-state index contributed by atoms with van der Waals surface area (Å²) >= 11 is 0. The van der Waals surface area contributed by atoms with Gasteiger partial charge in [-0.05, 0) is 62.1 Å². The zero-order valence-corrected chi connectivity index (χ0v) is 16.5. The molecule has 0 amide bonds. The van der Waals surface area contributed by atoms with Crippen LogP contribution in [-0.2, 0) is 16.0 Å². The minimum absolute atomic E-state index is 0.00327. The second-order valence-electron chi connectivity index (χ2n) is 9.02. The van der Waals surface area contributed by atoms with Crippen molar-refractivity contribution in [3.8, 4) is 0 Å². The number of nitrogens with two attached hydrogens (primary N) is 1. The van der Waals surface area contributed by atoms with E-state index in [4.69, 9.17) is 4.74 Å². The Kier molecular flexibility index (Phi) is 5.11. The molecule has 4 atom stereocenters. The van der Waals surface area contributed by atoms with Crippen LogP contribution in [0.15, 0.2) is 35.4 Å². The summed E-state index contributed by atoms with van der Waals surface area (Å²) in [6.07, 6.45) is 6.74. The number of hydrogen-bond acceptors (Lipinski definition) is 2. The second-order valence-corrected chi connectivity index (χ2v) is 9.02. The van der Waals surface area contributed by atoms with Crippen molar-refractivity contribution >= 4 is 5.97 Å². The maximum atomic E-state index is 13.0. The molecular formula is C23H31FNO2+. The van der Waals surface area contributed by atoms with Crippen LogP contribution in [0.5, 0.6) is 0 Å². The number of hydrogen-bond donors (Lipinski definition) is 1. The molecule has 2 N–H and O–H groups in total. The lowest BCUT2D eigenvalue weighted by Gasteiger charge is -2.45. The third-order valence-electron chi connectivity index (χ3n) is 7.15. The second kappa shape index (κ2) is 7.38. The lowest BCUT2D eigenvalue weighted by Crippen LogP contribution is -2.86. The third kappa shape index (κ3) is 3.69. The van der Waals surface area contributed by atoms with Gasteiger partial charge in [0.1, 0.15) is 17.8 Å². The zero-order chi connectivity index (χ0) is 19.0. The van der Waals surface area contributed by atoms with Crippen LogP contribution in [0.4, 0.5) is 4.39 Å². The van der Waals surface area contributed by atoms with Crippen molar-refractivity contribution in [2.75, 3.05) is 13.1 Å². The standard InChI is InChI=1S/C23H30FNO2/c1-15-4-3-10-23(2)13-21-18(12-20(15)23)19(22(26)27-21)14-25-11-9-16-5-7-17(24)8-6-16/h5-8,18-19,21,25H,3-4,9-14H2,1-2H3/p+1/t18-,19+,21-,23+/m1/s1. The maximum Gasteiger partial charge on any atom is 0.315 e. The summed E-state index contributed by atoms with van der Waals surface area (Å²) in [5, 5.41) is 2.23. The molecule has 2 fully saturated rings. The SMILES string of the molecule is CC1=C2C[C@@H]3[C@H](C[NH2+]CCc4ccc(F)cc4)C(=O)O[C@@H]3C[C@]2(C)CCC1. The number of benzene rings is 1. The van der Waals surface area contributed by atoms with Crippen molar-refractivity contribution in [2.24, 2.45) is 17.3 Å². The minimum Gasteiger partial charge on any atom is -0.462 e. The van der Waals surface area contributed by atoms with Gasteiger partial charge in [0.15, 0.2) is 0 Å². The average Bonchev–Trinajstić information content (AvgIpc) is 2.92. The molecule has 1 saturated carbocycles. The molecule has 0 spiro atoms. The lowest BCUT2D eigenvalue weighted by atomic mass is 9.59. The van der Waals surface area contributed by atoms with E-state index in [0.717, 1.165) is 37.9 Å².